The van der Waals surface area contributed by atoms with Crippen molar-refractivity contribution in [2.75, 3.05) is 0 Å². The van der Waals surface area contributed by atoms with Crippen LogP contribution in [0.25, 0.3) is 0 Å². The molecule has 0 bridgehead atoms. The lowest BCUT2D eigenvalue weighted by Gasteiger charge is -2.05. The van der Waals surface area contributed by atoms with Crippen molar-refractivity contribution >= 4 is 28.7 Å². The number of hydrogen-bond acceptors (Lipinski definition) is 2. The van der Waals surface area contributed by atoms with Gasteiger partial charge in [-0.25, -0.2) is 4.98 Å². The first-order chi connectivity index (χ1) is 8.25. The molecule has 0 saturated heterocycles. The van der Waals surface area contributed by atoms with E-state index < -0.39 is 0 Å². The van der Waals surface area contributed by atoms with Crippen LogP contribution in [0.5, 0.6) is 0 Å². The van der Waals surface area contributed by atoms with Gasteiger partial charge in [-0.3, -0.25) is 0 Å². The molecule has 0 amide bonds. The molecule has 0 N–H and O–H groups in total. The molecule has 0 saturated carbocycles. The minimum atomic E-state index is 0.544. The molecular formula is C14H12ClNS. The Labute approximate surface area is 111 Å². The van der Waals surface area contributed by atoms with Crippen molar-refractivity contribution in [3.05, 3.63) is 64.9 Å². The van der Waals surface area contributed by atoms with Crippen LogP contribution < -0.4 is 0 Å². The summed E-state index contributed by atoms with van der Waals surface area (Å²) in [6, 6.07) is 14.1. The van der Waals surface area contributed by atoms with E-state index in [4.69, 9.17) is 23.8 Å². The molecule has 0 fully saturated rings. The molecule has 2 rings (SSSR count). The molecule has 0 unspecified atom stereocenters. The first-order valence-corrected chi connectivity index (χ1v) is 6.19. The summed E-state index contributed by atoms with van der Waals surface area (Å²) in [6.45, 7) is 0. The van der Waals surface area contributed by atoms with E-state index in [1.54, 1.807) is 6.20 Å². The number of thiocarbonyl (C=S) groups is 1. The molecule has 1 aromatic carbocycles. The molecule has 0 aliphatic rings. The predicted molar refractivity (Wildman–Crippen MR) is 75.7 cm³/mol. The smallest absolute Gasteiger partial charge is 0.132 e. The first-order valence-electron chi connectivity index (χ1n) is 5.41. The van der Waals surface area contributed by atoms with Crippen molar-refractivity contribution in [2.24, 2.45) is 0 Å². The van der Waals surface area contributed by atoms with Crippen LogP contribution in [0.3, 0.4) is 0 Å². The number of aromatic nitrogens is 1. The summed E-state index contributed by atoms with van der Waals surface area (Å²) in [7, 11) is 0. The maximum absolute atomic E-state index is 6.00. The Hall–Kier alpha value is -1.25. The number of hydrogen-bond donors (Lipinski definition) is 0. The lowest BCUT2D eigenvalue weighted by Crippen LogP contribution is -2.04. The van der Waals surface area contributed by atoms with Gasteiger partial charge in [0.25, 0.3) is 0 Å². The van der Waals surface area contributed by atoms with E-state index in [2.05, 4.69) is 17.1 Å². The molecule has 3 heteroatoms. The largest absolute Gasteiger partial charge is 0.244 e. The molecular weight excluding hydrogens is 250 g/mol. The minimum absolute atomic E-state index is 0.544. The second kappa shape index (κ2) is 5.89. The molecule has 0 aliphatic heterocycles. The topological polar surface area (TPSA) is 12.9 Å². The Bertz CT molecular complexity index is 511. The van der Waals surface area contributed by atoms with Gasteiger partial charge in [0.05, 0.1) is 0 Å². The molecule has 0 spiro atoms. The molecule has 1 aromatic heterocycles. The molecule has 86 valence electrons. The summed E-state index contributed by atoms with van der Waals surface area (Å²) < 4.78 is 0. The fourth-order valence-electron chi connectivity index (χ4n) is 1.65. The summed E-state index contributed by atoms with van der Waals surface area (Å²) in [5.41, 5.74) is 2.23. The maximum Gasteiger partial charge on any atom is 0.132 e. The number of nitrogens with zero attached hydrogens (tertiary/aromatic N) is 1. The zero-order valence-electron chi connectivity index (χ0n) is 9.27. The van der Waals surface area contributed by atoms with Crippen LogP contribution >= 0.6 is 23.8 Å². The van der Waals surface area contributed by atoms with Crippen molar-refractivity contribution < 1.29 is 0 Å². The summed E-state index contributed by atoms with van der Waals surface area (Å²) in [5, 5.41) is 0.544. The SMILES string of the molecule is S=C(Cc1ccccc1)Cc1cccnc1Cl. The van der Waals surface area contributed by atoms with Crippen molar-refractivity contribution in [3.63, 3.8) is 0 Å². The van der Waals surface area contributed by atoms with Gasteiger partial charge in [-0.1, -0.05) is 60.2 Å². The lowest BCUT2D eigenvalue weighted by molar-refractivity contribution is 1.20. The van der Waals surface area contributed by atoms with Gasteiger partial charge in [0.15, 0.2) is 0 Å². The Kier molecular flexibility index (Phi) is 4.24. The standard InChI is InChI=1S/C14H12ClNS/c15-14-12(7-4-8-16-14)10-13(17)9-11-5-2-1-3-6-11/h1-8H,9-10H2. The first kappa shape index (κ1) is 12.2. The summed E-state index contributed by atoms with van der Waals surface area (Å²) in [4.78, 5) is 5.02. The molecule has 0 aliphatic carbocycles. The van der Waals surface area contributed by atoms with Gasteiger partial charge >= 0.3 is 0 Å². The van der Waals surface area contributed by atoms with Crippen LogP contribution in [0.15, 0.2) is 48.7 Å². The van der Waals surface area contributed by atoms with Crippen LogP contribution in [-0.4, -0.2) is 9.85 Å². The van der Waals surface area contributed by atoms with Gasteiger partial charge in [0.2, 0.25) is 0 Å². The van der Waals surface area contributed by atoms with Gasteiger partial charge in [-0.15, -0.1) is 0 Å². The quantitative estimate of drug-likeness (QED) is 0.612. The number of pyridine rings is 1. The van der Waals surface area contributed by atoms with E-state index in [9.17, 15) is 0 Å². The molecule has 0 atom stereocenters. The Morgan fingerprint density at radius 1 is 1.06 bits per heavy atom. The van der Waals surface area contributed by atoms with Crippen molar-refractivity contribution in [1.82, 2.24) is 4.98 Å². The molecule has 17 heavy (non-hydrogen) atoms. The van der Waals surface area contributed by atoms with E-state index in [0.29, 0.717) is 11.6 Å². The van der Waals surface area contributed by atoms with Crippen molar-refractivity contribution in [1.29, 1.82) is 0 Å². The summed E-state index contributed by atoms with van der Waals surface area (Å²) >= 11 is 11.4. The van der Waals surface area contributed by atoms with E-state index >= 15 is 0 Å². The second-order valence-electron chi connectivity index (χ2n) is 3.83. The van der Waals surface area contributed by atoms with Crippen LogP contribution in [0.2, 0.25) is 5.15 Å². The molecule has 1 nitrogen and oxygen atoms in total. The third-order valence-electron chi connectivity index (χ3n) is 2.47. The average Bonchev–Trinajstić information content (AvgIpc) is 2.33. The van der Waals surface area contributed by atoms with Crippen LogP contribution in [-0.2, 0) is 12.8 Å². The van der Waals surface area contributed by atoms with Crippen LogP contribution in [0.1, 0.15) is 11.1 Å². The molecule has 0 radical (unpaired) electrons. The number of rotatable bonds is 4. The average molecular weight is 262 g/mol. The van der Waals surface area contributed by atoms with Gasteiger partial charge in [-0.05, 0) is 17.2 Å². The van der Waals surface area contributed by atoms with Gasteiger partial charge in [0, 0.05) is 23.9 Å². The Balaban J connectivity index is 2.01. The molecule has 2 aromatic rings. The van der Waals surface area contributed by atoms with Crippen LogP contribution in [0.4, 0.5) is 0 Å². The monoisotopic (exact) mass is 261 g/mol. The highest BCUT2D eigenvalue weighted by Crippen LogP contribution is 2.14. The normalized spacial score (nSPS) is 10.2. The predicted octanol–water partition coefficient (Wildman–Crippen LogP) is 3.89. The fourth-order valence-corrected chi connectivity index (χ4v) is 2.16. The third kappa shape index (κ3) is 3.62. The highest BCUT2D eigenvalue weighted by Gasteiger charge is 2.05. The fraction of sp³-hybridized carbons (Fsp3) is 0.143. The highest BCUT2D eigenvalue weighted by molar-refractivity contribution is 7.80. The maximum atomic E-state index is 6.00. The summed E-state index contributed by atoms with van der Waals surface area (Å²) in [6.07, 6.45) is 3.20. The van der Waals surface area contributed by atoms with Crippen molar-refractivity contribution in [2.45, 2.75) is 12.8 Å². The van der Waals surface area contributed by atoms with E-state index in [1.165, 1.54) is 5.56 Å². The number of halogens is 1. The molecule has 1 heterocycles. The van der Waals surface area contributed by atoms with Gasteiger partial charge in [-0.2, -0.15) is 0 Å². The Morgan fingerprint density at radius 3 is 2.53 bits per heavy atom. The van der Waals surface area contributed by atoms with Crippen molar-refractivity contribution in [3.8, 4) is 0 Å². The summed E-state index contributed by atoms with van der Waals surface area (Å²) in [5.74, 6) is 0. The zero-order valence-corrected chi connectivity index (χ0v) is 10.8. The minimum Gasteiger partial charge on any atom is -0.244 e. The van der Waals surface area contributed by atoms with E-state index in [1.807, 2.05) is 30.3 Å². The van der Waals surface area contributed by atoms with Gasteiger partial charge in [0.1, 0.15) is 5.15 Å². The van der Waals surface area contributed by atoms with E-state index in [0.717, 1.165) is 16.8 Å². The van der Waals surface area contributed by atoms with Gasteiger partial charge < -0.3 is 0 Å². The number of benzene rings is 1. The third-order valence-corrected chi connectivity index (χ3v) is 3.10. The highest BCUT2D eigenvalue weighted by atomic mass is 35.5. The zero-order chi connectivity index (χ0) is 12.1. The second-order valence-corrected chi connectivity index (χ2v) is 4.77. The lowest BCUT2D eigenvalue weighted by atomic mass is 10.1. The van der Waals surface area contributed by atoms with E-state index in [-0.39, 0.29) is 0 Å². The Morgan fingerprint density at radius 2 is 1.82 bits per heavy atom. The van der Waals surface area contributed by atoms with Crippen LogP contribution in [0, 0.1) is 0 Å².